The van der Waals surface area contributed by atoms with E-state index in [1.165, 1.54) is 102 Å². The monoisotopic (exact) mass is 322 g/mol. The highest BCUT2D eigenvalue weighted by Gasteiger charge is 2.22. The van der Waals surface area contributed by atoms with Crippen LogP contribution in [0.1, 0.15) is 89.9 Å². The van der Waals surface area contributed by atoms with Crippen LogP contribution in [0.15, 0.2) is 25.7 Å². The predicted molar refractivity (Wildman–Crippen MR) is 99.3 cm³/mol. The number of ether oxygens (including phenoxy) is 2. The molecule has 1 saturated carbocycles. The average molecular weight is 323 g/mol. The third-order valence-corrected chi connectivity index (χ3v) is 5.08. The highest BCUT2D eigenvalue weighted by atomic mass is 16.5. The van der Waals surface area contributed by atoms with Crippen molar-refractivity contribution >= 4 is 0 Å². The Labute approximate surface area is 144 Å². The molecule has 1 heterocycles. The summed E-state index contributed by atoms with van der Waals surface area (Å²) in [5.41, 5.74) is 0. The summed E-state index contributed by atoms with van der Waals surface area (Å²) in [7, 11) is 0. The van der Waals surface area contributed by atoms with Gasteiger partial charge in [-0.05, 0) is 31.6 Å². The van der Waals surface area contributed by atoms with Crippen LogP contribution in [0.25, 0.3) is 0 Å². The summed E-state index contributed by atoms with van der Waals surface area (Å²) < 4.78 is 10.6. The third-order valence-electron chi connectivity index (χ3n) is 5.08. The Morgan fingerprint density at radius 3 is 1.65 bits per heavy atom. The van der Waals surface area contributed by atoms with Crippen molar-refractivity contribution in [1.82, 2.24) is 0 Å². The molecule has 0 radical (unpaired) electrons. The third kappa shape index (κ3) is 10.6. The molecule has 1 saturated heterocycles. The zero-order valence-corrected chi connectivity index (χ0v) is 15.1. The molecule has 2 aliphatic rings. The van der Waals surface area contributed by atoms with Gasteiger partial charge in [0.1, 0.15) is 0 Å². The number of rotatable bonds is 3. The minimum Gasteiger partial charge on any atom is -0.474 e. The van der Waals surface area contributed by atoms with Crippen molar-refractivity contribution in [3.63, 3.8) is 0 Å². The fraction of sp³-hybridized carbons (Fsp3) is 0.810. The molecule has 134 valence electrons. The van der Waals surface area contributed by atoms with Crippen molar-refractivity contribution in [2.45, 2.75) is 96.0 Å². The first-order chi connectivity index (χ1) is 11.4. The van der Waals surface area contributed by atoms with Gasteiger partial charge < -0.3 is 9.47 Å². The van der Waals surface area contributed by atoms with Gasteiger partial charge in [-0.1, -0.05) is 77.4 Å². The molecule has 0 spiro atoms. The topological polar surface area (TPSA) is 18.5 Å². The van der Waals surface area contributed by atoms with Crippen LogP contribution in [0.2, 0.25) is 0 Å². The van der Waals surface area contributed by atoms with Crippen molar-refractivity contribution < 1.29 is 9.47 Å². The van der Waals surface area contributed by atoms with E-state index >= 15 is 0 Å². The molecule has 2 nitrogen and oxygen atoms in total. The molecule has 0 aromatic carbocycles. The van der Waals surface area contributed by atoms with Gasteiger partial charge >= 0.3 is 0 Å². The lowest BCUT2D eigenvalue weighted by Crippen LogP contribution is -2.24. The molecule has 23 heavy (non-hydrogen) atoms. The van der Waals surface area contributed by atoms with Crippen molar-refractivity contribution in [2.75, 3.05) is 6.61 Å². The molecule has 2 rings (SSSR count). The Morgan fingerprint density at radius 2 is 1.13 bits per heavy atom. The molecule has 0 aromatic rings. The summed E-state index contributed by atoms with van der Waals surface area (Å²) in [6.45, 7) is 7.54. The Morgan fingerprint density at radius 1 is 0.652 bits per heavy atom. The zero-order valence-electron chi connectivity index (χ0n) is 15.1. The summed E-state index contributed by atoms with van der Waals surface area (Å²) in [6, 6.07) is 0. The SMILES string of the molecule is C1CCCCC(C2CCCCCCCO2)CCC1.C=COC=C. The first-order valence-corrected chi connectivity index (χ1v) is 9.87. The molecule has 1 aliphatic carbocycles. The molecule has 2 heteroatoms. The molecule has 1 atom stereocenters. The van der Waals surface area contributed by atoms with Crippen LogP contribution in [-0.2, 0) is 9.47 Å². The summed E-state index contributed by atoms with van der Waals surface area (Å²) >= 11 is 0. The standard InChI is InChI=1S/C17H32O.C4H6O/c1-2-5-9-13-16(12-8-4-1)17-14-10-6-3-7-11-15-18-17;1-3-5-4-2/h16-17H,1-15H2;3-4H,1-2H2. The largest absolute Gasteiger partial charge is 0.474 e. The molecule has 0 bridgehead atoms. The van der Waals surface area contributed by atoms with Gasteiger partial charge in [0.05, 0.1) is 18.6 Å². The molecular weight excluding hydrogens is 284 g/mol. The van der Waals surface area contributed by atoms with E-state index in [1.54, 1.807) is 0 Å². The van der Waals surface area contributed by atoms with Crippen LogP contribution < -0.4 is 0 Å². The van der Waals surface area contributed by atoms with Gasteiger partial charge in [0.15, 0.2) is 0 Å². The predicted octanol–water partition coefficient (Wildman–Crippen LogP) is 6.77. The minimum absolute atomic E-state index is 0.598. The van der Waals surface area contributed by atoms with E-state index in [0.29, 0.717) is 6.10 Å². The van der Waals surface area contributed by atoms with Gasteiger partial charge in [-0.2, -0.15) is 0 Å². The van der Waals surface area contributed by atoms with Crippen LogP contribution in [-0.4, -0.2) is 12.7 Å². The Kier molecular flexibility index (Phi) is 13.1. The molecule has 1 aliphatic heterocycles. The Bertz CT molecular complexity index is 240. The Hall–Kier alpha value is -0.760. The van der Waals surface area contributed by atoms with E-state index in [2.05, 4.69) is 17.9 Å². The van der Waals surface area contributed by atoms with Crippen molar-refractivity contribution in [2.24, 2.45) is 5.92 Å². The van der Waals surface area contributed by atoms with Gasteiger partial charge in [0.25, 0.3) is 0 Å². The second-order valence-electron chi connectivity index (χ2n) is 6.89. The smallest absolute Gasteiger partial charge is 0.0829 e. The van der Waals surface area contributed by atoms with Crippen LogP contribution >= 0.6 is 0 Å². The Balaban J connectivity index is 0.000000463. The van der Waals surface area contributed by atoms with Crippen LogP contribution in [0.5, 0.6) is 0 Å². The van der Waals surface area contributed by atoms with Crippen LogP contribution in [0.4, 0.5) is 0 Å². The zero-order chi connectivity index (χ0) is 16.6. The average Bonchev–Trinajstić information content (AvgIpc) is 2.79. The lowest BCUT2D eigenvalue weighted by Gasteiger charge is -2.27. The van der Waals surface area contributed by atoms with Gasteiger partial charge in [-0.3, -0.25) is 0 Å². The van der Waals surface area contributed by atoms with E-state index in [-0.39, 0.29) is 0 Å². The summed E-state index contributed by atoms with van der Waals surface area (Å²) in [4.78, 5) is 0. The van der Waals surface area contributed by atoms with E-state index in [9.17, 15) is 0 Å². The molecule has 0 N–H and O–H groups in total. The van der Waals surface area contributed by atoms with Crippen molar-refractivity contribution in [1.29, 1.82) is 0 Å². The van der Waals surface area contributed by atoms with E-state index in [1.807, 2.05) is 0 Å². The van der Waals surface area contributed by atoms with Gasteiger partial charge in [0, 0.05) is 6.61 Å². The van der Waals surface area contributed by atoms with Crippen molar-refractivity contribution in [3.05, 3.63) is 25.7 Å². The lowest BCUT2D eigenvalue weighted by molar-refractivity contribution is -0.0000490. The second-order valence-corrected chi connectivity index (χ2v) is 6.89. The summed E-state index contributed by atoms with van der Waals surface area (Å²) in [5, 5.41) is 0. The highest BCUT2D eigenvalue weighted by molar-refractivity contribution is 4.73. The second kappa shape index (κ2) is 14.8. The summed E-state index contributed by atoms with van der Waals surface area (Å²) in [6.07, 6.45) is 23.1. The fourth-order valence-corrected chi connectivity index (χ4v) is 3.77. The van der Waals surface area contributed by atoms with Crippen molar-refractivity contribution in [3.8, 4) is 0 Å². The van der Waals surface area contributed by atoms with Gasteiger partial charge in [-0.25, -0.2) is 0 Å². The molecule has 1 unspecified atom stereocenters. The van der Waals surface area contributed by atoms with Gasteiger partial charge in [0.2, 0.25) is 0 Å². The molecular formula is C21H38O2. The fourth-order valence-electron chi connectivity index (χ4n) is 3.77. The first kappa shape index (κ1) is 20.3. The lowest BCUT2D eigenvalue weighted by atomic mass is 9.88. The van der Waals surface area contributed by atoms with E-state index in [4.69, 9.17) is 4.74 Å². The first-order valence-electron chi connectivity index (χ1n) is 9.87. The maximum Gasteiger partial charge on any atom is 0.0829 e. The van der Waals surface area contributed by atoms with E-state index in [0.717, 1.165) is 12.5 Å². The number of hydrogen-bond acceptors (Lipinski definition) is 2. The molecule has 0 amide bonds. The van der Waals surface area contributed by atoms with E-state index < -0.39 is 0 Å². The number of hydrogen-bond donors (Lipinski definition) is 0. The molecule has 0 aromatic heterocycles. The normalized spacial score (nSPS) is 25.0. The maximum atomic E-state index is 6.24. The van der Waals surface area contributed by atoms with Crippen LogP contribution in [0, 0.1) is 5.92 Å². The highest BCUT2D eigenvalue weighted by Crippen LogP contribution is 2.29. The minimum atomic E-state index is 0.598. The van der Waals surface area contributed by atoms with Crippen LogP contribution in [0.3, 0.4) is 0 Å². The summed E-state index contributed by atoms with van der Waals surface area (Å²) in [5.74, 6) is 0.876. The quantitative estimate of drug-likeness (QED) is 0.534. The van der Waals surface area contributed by atoms with Gasteiger partial charge in [-0.15, -0.1) is 0 Å². The molecule has 2 fully saturated rings. The maximum absolute atomic E-state index is 6.24.